The Balaban J connectivity index is 4.09. The van der Waals surface area contributed by atoms with Crippen LogP contribution in [0.2, 0.25) is 0 Å². The van der Waals surface area contributed by atoms with E-state index in [4.69, 9.17) is 5.11 Å². The quantitative estimate of drug-likeness (QED) is 0.700. The molecular formula is C9H17F2NO2. The molecule has 1 atom stereocenters. The second-order valence-electron chi connectivity index (χ2n) is 3.65. The van der Waals surface area contributed by atoms with Gasteiger partial charge in [0.05, 0.1) is 6.54 Å². The summed E-state index contributed by atoms with van der Waals surface area (Å²) in [5, 5.41) is 10.7. The van der Waals surface area contributed by atoms with Crippen LogP contribution in [0, 0.1) is 5.92 Å². The van der Waals surface area contributed by atoms with E-state index in [1.807, 2.05) is 20.8 Å². The lowest BCUT2D eigenvalue weighted by Crippen LogP contribution is -2.45. The zero-order valence-corrected chi connectivity index (χ0v) is 8.68. The Labute approximate surface area is 82.5 Å². The average molecular weight is 209 g/mol. The lowest BCUT2D eigenvalue weighted by Gasteiger charge is -2.22. The summed E-state index contributed by atoms with van der Waals surface area (Å²) in [5.74, 6) is -5.55. The van der Waals surface area contributed by atoms with Gasteiger partial charge < -0.3 is 10.4 Å². The number of nitrogens with one attached hydrogen (secondary N) is 1. The fraction of sp³-hybridized carbons (Fsp3) is 0.889. The first-order chi connectivity index (χ1) is 6.31. The summed E-state index contributed by atoms with van der Waals surface area (Å²) in [6.07, 6.45) is 0.702. The molecule has 0 saturated heterocycles. The highest BCUT2D eigenvalue weighted by molar-refractivity contribution is 5.75. The van der Waals surface area contributed by atoms with Crippen molar-refractivity contribution in [2.24, 2.45) is 5.92 Å². The minimum absolute atomic E-state index is 0.0692. The van der Waals surface area contributed by atoms with Crippen LogP contribution in [0.15, 0.2) is 0 Å². The molecule has 0 aliphatic carbocycles. The Morgan fingerprint density at radius 1 is 1.50 bits per heavy atom. The molecule has 0 spiro atoms. The predicted octanol–water partition coefficient (Wildman–Crippen LogP) is 1.73. The zero-order chi connectivity index (χ0) is 11.4. The third kappa shape index (κ3) is 4.00. The monoisotopic (exact) mass is 209 g/mol. The number of rotatable bonds is 6. The number of hydrogen-bond acceptors (Lipinski definition) is 2. The van der Waals surface area contributed by atoms with Crippen molar-refractivity contribution in [2.75, 3.05) is 6.54 Å². The van der Waals surface area contributed by atoms with E-state index in [0.29, 0.717) is 6.42 Å². The van der Waals surface area contributed by atoms with Crippen LogP contribution in [0.25, 0.3) is 0 Å². The minimum atomic E-state index is -3.68. The van der Waals surface area contributed by atoms with Crippen molar-refractivity contribution in [1.29, 1.82) is 0 Å². The highest BCUT2D eigenvalue weighted by Crippen LogP contribution is 2.14. The molecule has 5 heteroatoms. The smallest absolute Gasteiger partial charge is 0.375 e. The molecule has 0 amide bonds. The van der Waals surface area contributed by atoms with E-state index in [1.54, 1.807) is 0 Å². The number of carbonyl (C=O) groups is 1. The molecule has 14 heavy (non-hydrogen) atoms. The Kier molecular flexibility index (Phi) is 4.97. The van der Waals surface area contributed by atoms with Crippen molar-refractivity contribution >= 4 is 5.97 Å². The van der Waals surface area contributed by atoms with Crippen LogP contribution in [0.1, 0.15) is 27.2 Å². The average Bonchev–Trinajstić information content (AvgIpc) is 2.04. The first-order valence-corrected chi connectivity index (χ1v) is 4.65. The second-order valence-corrected chi connectivity index (χ2v) is 3.65. The van der Waals surface area contributed by atoms with Gasteiger partial charge in [0.25, 0.3) is 0 Å². The van der Waals surface area contributed by atoms with Gasteiger partial charge in [-0.3, -0.25) is 0 Å². The van der Waals surface area contributed by atoms with Gasteiger partial charge in [0.2, 0.25) is 0 Å². The number of alkyl halides is 2. The molecule has 0 rings (SSSR count). The van der Waals surface area contributed by atoms with Crippen molar-refractivity contribution in [3.8, 4) is 0 Å². The van der Waals surface area contributed by atoms with Crippen molar-refractivity contribution in [1.82, 2.24) is 5.32 Å². The third-order valence-corrected chi connectivity index (χ3v) is 2.14. The summed E-state index contributed by atoms with van der Waals surface area (Å²) in [4.78, 5) is 10.1. The van der Waals surface area contributed by atoms with Gasteiger partial charge >= 0.3 is 11.9 Å². The maximum atomic E-state index is 12.6. The Morgan fingerprint density at radius 2 is 2.00 bits per heavy atom. The van der Waals surface area contributed by atoms with Gasteiger partial charge in [0, 0.05) is 6.04 Å². The Bertz CT molecular complexity index is 195. The maximum absolute atomic E-state index is 12.6. The SMILES string of the molecule is CCC(NCC(F)(F)C(=O)O)C(C)C. The van der Waals surface area contributed by atoms with Crippen LogP contribution in [0.3, 0.4) is 0 Å². The van der Waals surface area contributed by atoms with Crippen LogP contribution in [0.5, 0.6) is 0 Å². The predicted molar refractivity (Wildman–Crippen MR) is 49.5 cm³/mol. The number of carboxylic acids is 1. The van der Waals surface area contributed by atoms with Crippen LogP contribution in [0.4, 0.5) is 8.78 Å². The van der Waals surface area contributed by atoms with Crippen molar-refractivity contribution in [3.05, 3.63) is 0 Å². The van der Waals surface area contributed by atoms with Gasteiger partial charge in [-0.25, -0.2) is 4.79 Å². The first kappa shape index (κ1) is 13.3. The molecule has 3 nitrogen and oxygen atoms in total. The number of carboxylic acid groups (broad SMARTS) is 1. The first-order valence-electron chi connectivity index (χ1n) is 4.65. The van der Waals surface area contributed by atoms with Crippen LogP contribution < -0.4 is 5.32 Å². The third-order valence-electron chi connectivity index (χ3n) is 2.14. The summed E-state index contributed by atoms with van der Waals surface area (Å²) < 4.78 is 25.3. The lowest BCUT2D eigenvalue weighted by atomic mass is 10.0. The van der Waals surface area contributed by atoms with Gasteiger partial charge in [-0.1, -0.05) is 20.8 Å². The van der Waals surface area contributed by atoms with Crippen molar-refractivity contribution in [3.63, 3.8) is 0 Å². The molecular weight excluding hydrogens is 192 g/mol. The molecule has 0 bridgehead atoms. The summed E-state index contributed by atoms with van der Waals surface area (Å²) >= 11 is 0. The molecule has 2 N–H and O–H groups in total. The summed E-state index contributed by atoms with van der Waals surface area (Å²) in [5.41, 5.74) is 0. The summed E-state index contributed by atoms with van der Waals surface area (Å²) in [7, 11) is 0. The van der Waals surface area contributed by atoms with Crippen LogP contribution >= 0.6 is 0 Å². The van der Waals surface area contributed by atoms with E-state index >= 15 is 0 Å². The van der Waals surface area contributed by atoms with E-state index in [2.05, 4.69) is 5.32 Å². The highest BCUT2D eigenvalue weighted by Gasteiger charge is 2.38. The Morgan fingerprint density at radius 3 is 2.29 bits per heavy atom. The largest absolute Gasteiger partial charge is 0.477 e. The lowest BCUT2D eigenvalue weighted by molar-refractivity contribution is -0.164. The topological polar surface area (TPSA) is 49.3 Å². The van der Waals surface area contributed by atoms with Gasteiger partial charge in [-0.15, -0.1) is 0 Å². The van der Waals surface area contributed by atoms with Crippen LogP contribution in [-0.4, -0.2) is 29.6 Å². The normalized spacial score (nSPS) is 14.4. The molecule has 0 aliphatic heterocycles. The fourth-order valence-electron chi connectivity index (χ4n) is 1.19. The van der Waals surface area contributed by atoms with Gasteiger partial charge in [0.1, 0.15) is 0 Å². The van der Waals surface area contributed by atoms with E-state index in [1.165, 1.54) is 0 Å². The van der Waals surface area contributed by atoms with Crippen molar-refractivity contribution < 1.29 is 18.7 Å². The van der Waals surface area contributed by atoms with E-state index in [9.17, 15) is 13.6 Å². The molecule has 0 fully saturated rings. The van der Waals surface area contributed by atoms with E-state index in [-0.39, 0.29) is 12.0 Å². The van der Waals surface area contributed by atoms with E-state index < -0.39 is 18.4 Å². The zero-order valence-electron chi connectivity index (χ0n) is 8.68. The molecule has 0 saturated carbocycles. The van der Waals surface area contributed by atoms with Crippen LogP contribution in [-0.2, 0) is 4.79 Å². The number of halogens is 2. The molecule has 0 aromatic carbocycles. The van der Waals surface area contributed by atoms with E-state index in [0.717, 1.165) is 0 Å². The number of hydrogen-bond donors (Lipinski definition) is 2. The molecule has 0 aromatic rings. The standard InChI is InChI=1S/C9H17F2NO2/c1-4-7(6(2)3)12-5-9(10,11)8(13)14/h6-7,12H,4-5H2,1-3H3,(H,13,14). The maximum Gasteiger partial charge on any atom is 0.375 e. The molecule has 1 unspecified atom stereocenters. The molecule has 0 aliphatic rings. The molecule has 0 heterocycles. The Hall–Kier alpha value is -0.710. The summed E-state index contributed by atoms with van der Waals surface area (Å²) in [6, 6.07) is -0.0692. The molecule has 84 valence electrons. The minimum Gasteiger partial charge on any atom is -0.477 e. The fourth-order valence-corrected chi connectivity index (χ4v) is 1.19. The second kappa shape index (κ2) is 5.24. The molecule has 0 radical (unpaired) electrons. The van der Waals surface area contributed by atoms with Crippen molar-refractivity contribution in [2.45, 2.75) is 39.2 Å². The number of aliphatic carboxylic acids is 1. The summed E-state index contributed by atoms with van der Waals surface area (Å²) in [6.45, 7) is 4.87. The van der Waals surface area contributed by atoms with Gasteiger partial charge in [-0.05, 0) is 12.3 Å². The van der Waals surface area contributed by atoms with Gasteiger partial charge in [0.15, 0.2) is 0 Å². The molecule has 0 aromatic heterocycles. The van der Waals surface area contributed by atoms with Gasteiger partial charge in [-0.2, -0.15) is 8.78 Å². The highest BCUT2D eigenvalue weighted by atomic mass is 19.3.